The van der Waals surface area contributed by atoms with Crippen molar-refractivity contribution in [3.05, 3.63) is 119 Å². The number of benzene rings is 5. The van der Waals surface area contributed by atoms with E-state index >= 15 is 0 Å². The Hall–Kier alpha value is -3.49. The molecule has 286 valence electrons. The molecule has 0 heterocycles. The van der Waals surface area contributed by atoms with E-state index in [4.69, 9.17) is 0 Å². The molecule has 0 saturated carbocycles. The summed E-state index contributed by atoms with van der Waals surface area (Å²) in [7, 11) is 0.929. The Morgan fingerprint density at radius 3 is 1.59 bits per heavy atom. The molecule has 5 rings (SSSR count). The predicted octanol–water partition coefficient (Wildman–Crippen LogP) is 7.30. The van der Waals surface area contributed by atoms with Crippen LogP contribution in [0.1, 0.15) is 124 Å². The number of hydrogen-bond donors (Lipinski definition) is 6. The van der Waals surface area contributed by atoms with E-state index in [0.29, 0.717) is 24.0 Å². The van der Waals surface area contributed by atoms with Crippen LogP contribution in [0.15, 0.2) is 91.0 Å². The molecule has 6 N–H and O–H groups in total. The molecule has 8 heteroatoms. The van der Waals surface area contributed by atoms with Gasteiger partial charge in [-0.05, 0) is 93.3 Å². The molecule has 0 saturated heterocycles. The summed E-state index contributed by atoms with van der Waals surface area (Å²) in [5.74, 6) is -0.0106. The Kier molecular flexibility index (Phi) is 16.6. The van der Waals surface area contributed by atoms with E-state index in [2.05, 4.69) is 60.0 Å². The average molecular weight is 729 g/mol. The van der Waals surface area contributed by atoms with Crippen LogP contribution in [0.3, 0.4) is 0 Å². The lowest BCUT2D eigenvalue weighted by Crippen LogP contribution is -2.30. The van der Waals surface area contributed by atoms with Gasteiger partial charge in [0.05, 0.1) is 0 Å². The fourth-order valence-electron chi connectivity index (χ4n) is 8.28. The lowest BCUT2D eigenvalue weighted by molar-refractivity contribution is 0.424. The van der Waals surface area contributed by atoms with Gasteiger partial charge in [-0.25, -0.2) is 0 Å². The van der Waals surface area contributed by atoms with E-state index in [1.54, 1.807) is 12.1 Å². The minimum Gasteiger partial charge on any atom is -0.423 e. The SMILES string of the molecule is CCCCCCCCCCCCCCc1ccc2c(C(CNC)c3ccc(B(O)O)cc3)c3c(C(CNC)c4ccc(B(O)O)cc4)cccc3cc2c1. The molecule has 0 spiro atoms. The summed E-state index contributed by atoms with van der Waals surface area (Å²) in [5.41, 5.74) is 6.97. The summed E-state index contributed by atoms with van der Waals surface area (Å²) >= 11 is 0. The van der Waals surface area contributed by atoms with Crippen molar-refractivity contribution < 1.29 is 20.1 Å². The fourth-order valence-corrected chi connectivity index (χ4v) is 8.28. The summed E-state index contributed by atoms with van der Waals surface area (Å²) in [6.07, 6.45) is 17.3. The highest BCUT2D eigenvalue weighted by Crippen LogP contribution is 2.42. The molecular weight excluding hydrogens is 666 g/mol. The van der Waals surface area contributed by atoms with Crippen LogP contribution in [0.25, 0.3) is 21.5 Å². The van der Waals surface area contributed by atoms with Crippen LogP contribution < -0.4 is 21.6 Å². The van der Waals surface area contributed by atoms with Crippen LogP contribution in [-0.4, -0.2) is 61.5 Å². The Morgan fingerprint density at radius 2 is 1.06 bits per heavy atom. The largest absolute Gasteiger partial charge is 0.488 e. The molecule has 0 fully saturated rings. The van der Waals surface area contributed by atoms with Gasteiger partial charge in [0.15, 0.2) is 0 Å². The molecule has 0 aliphatic rings. The molecule has 0 aliphatic heterocycles. The molecule has 2 unspecified atom stereocenters. The van der Waals surface area contributed by atoms with E-state index < -0.39 is 14.2 Å². The third-order valence-electron chi connectivity index (χ3n) is 11.2. The summed E-state index contributed by atoms with van der Waals surface area (Å²) in [6.45, 7) is 3.68. The number of nitrogens with one attached hydrogen (secondary N) is 2. The van der Waals surface area contributed by atoms with Gasteiger partial charge < -0.3 is 30.7 Å². The Morgan fingerprint density at radius 1 is 0.537 bits per heavy atom. The molecular formula is C46H62B2N2O4. The smallest absolute Gasteiger partial charge is 0.423 e. The second kappa shape index (κ2) is 21.6. The molecule has 5 aromatic carbocycles. The quantitative estimate of drug-likeness (QED) is 0.0240. The first-order valence-electron chi connectivity index (χ1n) is 20.6. The van der Waals surface area contributed by atoms with Gasteiger partial charge in [-0.15, -0.1) is 0 Å². The highest BCUT2D eigenvalue weighted by atomic mass is 16.4. The first-order valence-corrected chi connectivity index (χ1v) is 20.6. The van der Waals surface area contributed by atoms with Crippen molar-refractivity contribution in [3.8, 4) is 0 Å². The van der Waals surface area contributed by atoms with Crippen LogP contribution in [0.5, 0.6) is 0 Å². The summed E-state index contributed by atoms with van der Waals surface area (Å²) in [5, 5.41) is 51.0. The van der Waals surface area contributed by atoms with E-state index in [1.807, 2.05) is 50.5 Å². The maximum absolute atomic E-state index is 9.86. The second-order valence-electron chi connectivity index (χ2n) is 15.2. The van der Waals surface area contributed by atoms with Crippen molar-refractivity contribution in [2.45, 2.75) is 102 Å². The van der Waals surface area contributed by atoms with Gasteiger partial charge in [-0.3, -0.25) is 0 Å². The minimum absolute atomic E-state index is 0.00648. The molecule has 6 nitrogen and oxygen atoms in total. The standard InChI is InChI=1S/C46H62B2N2O4/c1-4-5-6-7-8-9-10-11-12-13-14-15-17-34-20-29-41-38(30-34)31-37-18-16-19-42(43(32-49-2)35-21-25-39(26-22-35)47(51)52)45(37)46(41)44(33-50-3)36-23-27-40(28-24-36)48(53)54/h16,18-31,43-44,49-54H,4-15,17,32-33H2,1-3H3. The van der Waals surface area contributed by atoms with Crippen LogP contribution in [0.4, 0.5) is 0 Å². The van der Waals surface area contributed by atoms with Crippen LogP contribution in [-0.2, 0) is 6.42 Å². The summed E-state index contributed by atoms with van der Waals surface area (Å²) in [4.78, 5) is 0. The fraction of sp³-hybridized carbons (Fsp3) is 0.435. The average Bonchev–Trinajstić information content (AvgIpc) is 3.18. The zero-order valence-corrected chi connectivity index (χ0v) is 32.9. The first kappa shape index (κ1) is 41.7. The van der Waals surface area contributed by atoms with Crippen LogP contribution in [0, 0.1) is 0 Å². The van der Waals surface area contributed by atoms with Crippen molar-refractivity contribution in [1.29, 1.82) is 0 Å². The lowest BCUT2D eigenvalue weighted by atomic mass is 9.76. The molecule has 54 heavy (non-hydrogen) atoms. The van der Waals surface area contributed by atoms with Crippen molar-refractivity contribution >= 4 is 46.7 Å². The topological polar surface area (TPSA) is 105 Å². The van der Waals surface area contributed by atoms with Gasteiger partial charge in [0, 0.05) is 24.9 Å². The Bertz CT molecular complexity index is 1860. The zero-order chi connectivity index (χ0) is 38.3. The minimum atomic E-state index is -1.52. The highest BCUT2D eigenvalue weighted by Gasteiger charge is 2.26. The van der Waals surface area contributed by atoms with E-state index in [0.717, 1.165) is 17.5 Å². The summed E-state index contributed by atoms with van der Waals surface area (Å²) < 4.78 is 0. The molecule has 0 aromatic heterocycles. The number of aryl methyl sites for hydroxylation is 1. The molecule has 5 aromatic rings. The normalized spacial score (nSPS) is 12.7. The Labute approximate surface area is 324 Å². The van der Waals surface area contributed by atoms with Crippen molar-refractivity contribution in [3.63, 3.8) is 0 Å². The van der Waals surface area contributed by atoms with E-state index in [9.17, 15) is 20.1 Å². The monoisotopic (exact) mass is 728 g/mol. The lowest BCUT2D eigenvalue weighted by Gasteiger charge is -2.27. The predicted molar refractivity (Wildman–Crippen MR) is 230 cm³/mol. The number of unbranched alkanes of at least 4 members (excludes halogenated alkanes) is 11. The van der Waals surface area contributed by atoms with Gasteiger partial charge in [-0.2, -0.15) is 0 Å². The van der Waals surface area contributed by atoms with Gasteiger partial charge in [0.2, 0.25) is 0 Å². The maximum Gasteiger partial charge on any atom is 0.488 e. The van der Waals surface area contributed by atoms with Gasteiger partial charge in [0.1, 0.15) is 0 Å². The molecule has 0 amide bonds. The van der Waals surface area contributed by atoms with E-state index in [-0.39, 0.29) is 11.8 Å². The summed E-state index contributed by atoms with van der Waals surface area (Å²) in [6, 6.07) is 31.3. The molecule has 0 radical (unpaired) electrons. The van der Waals surface area contributed by atoms with Crippen molar-refractivity contribution in [1.82, 2.24) is 10.6 Å². The molecule has 2 atom stereocenters. The van der Waals surface area contributed by atoms with Crippen molar-refractivity contribution in [2.75, 3.05) is 27.2 Å². The van der Waals surface area contributed by atoms with Gasteiger partial charge >= 0.3 is 14.2 Å². The number of fused-ring (bicyclic) bond motifs is 2. The zero-order valence-electron chi connectivity index (χ0n) is 32.9. The highest BCUT2D eigenvalue weighted by molar-refractivity contribution is 6.58. The third kappa shape index (κ3) is 11.1. The molecule has 0 bridgehead atoms. The Balaban J connectivity index is 1.48. The van der Waals surface area contributed by atoms with Gasteiger partial charge in [-0.1, -0.05) is 162 Å². The maximum atomic E-state index is 9.86. The van der Waals surface area contributed by atoms with Crippen LogP contribution >= 0.6 is 0 Å². The number of hydrogen-bond acceptors (Lipinski definition) is 6. The van der Waals surface area contributed by atoms with Gasteiger partial charge in [0.25, 0.3) is 0 Å². The van der Waals surface area contributed by atoms with Crippen LogP contribution in [0.2, 0.25) is 0 Å². The number of rotatable bonds is 23. The second-order valence-corrected chi connectivity index (χ2v) is 15.2. The van der Waals surface area contributed by atoms with E-state index in [1.165, 1.54) is 115 Å². The number of likely N-dealkylation sites (N-methyl/N-ethyl adjacent to an activating group) is 2. The third-order valence-corrected chi connectivity index (χ3v) is 11.2. The molecule has 0 aliphatic carbocycles. The first-order chi connectivity index (χ1) is 26.4. The van der Waals surface area contributed by atoms with Crippen molar-refractivity contribution in [2.24, 2.45) is 0 Å².